The number of hydrogen-bond donors (Lipinski definition) is 1. The van der Waals surface area contributed by atoms with Crippen molar-refractivity contribution in [2.45, 2.75) is 39.2 Å². The lowest BCUT2D eigenvalue weighted by Gasteiger charge is -2.18. The summed E-state index contributed by atoms with van der Waals surface area (Å²) >= 11 is 5.85. The van der Waals surface area contributed by atoms with Gasteiger partial charge in [-0.2, -0.15) is 0 Å². The van der Waals surface area contributed by atoms with E-state index in [4.69, 9.17) is 11.6 Å². The third-order valence-corrected chi connectivity index (χ3v) is 2.19. The molecule has 0 saturated carbocycles. The monoisotopic (exact) mass is 213 g/mol. The van der Waals surface area contributed by atoms with Gasteiger partial charge in [-0.25, -0.2) is 4.99 Å². The van der Waals surface area contributed by atoms with Gasteiger partial charge in [-0.1, -0.05) is 24.9 Å². The van der Waals surface area contributed by atoms with Gasteiger partial charge in [0.15, 0.2) is 5.62 Å². The molecule has 0 amide bonds. The summed E-state index contributed by atoms with van der Waals surface area (Å²) in [7, 11) is 0. The fourth-order valence-electron chi connectivity index (χ4n) is 1.26. The van der Waals surface area contributed by atoms with E-state index in [0.29, 0.717) is 0 Å². The SMILES string of the molecule is CCC/C=N\C1=C(C)NC(Cl)N=C1C. The third kappa shape index (κ3) is 2.84. The molecule has 0 aromatic heterocycles. The van der Waals surface area contributed by atoms with Crippen molar-refractivity contribution in [2.75, 3.05) is 0 Å². The minimum atomic E-state index is -0.347. The van der Waals surface area contributed by atoms with Crippen LogP contribution in [0.1, 0.15) is 33.6 Å². The molecular weight excluding hydrogens is 198 g/mol. The maximum Gasteiger partial charge on any atom is 0.195 e. The summed E-state index contributed by atoms with van der Waals surface area (Å²) in [6.07, 6.45) is 4.03. The number of nitrogens with zero attached hydrogens (tertiary/aromatic N) is 2. The molecule has 0 aromatic rings. The maximum absolute atomic E-state index is 5.85. The molecule has 1 heterocycles. The van der Waals surface area contributed by atoms with Gasteiger partial charge in [0.05, 0.1) is 5.71 Å². The number of nitrogens with one attached hydrogen (secondary N) is 1. The zero-order valence-corrected chi connectivity index (χ0v) is 9.60. The first-order chi connectivity index (χ1) is 6.65. The van der Waals surface area contributed by atoms with E-state index in [9.17, 15) is 0 Å². The summed E-state index contributed by atoms with van der Waals surface area (Å²) < 4.78 is 0. The van der Waals surface area contributed by atoms with Crippen LogP contribution < -0.4 is 5.32 Å². The lowest BCUT2D eigenvalue weighted by molar-refractivity contribution is 0.740. The van der Waals surface area contributed by atoms with Crippen molar-refractivity contribution in [1.29, 1.82) is 0 Å². The lowest BCUT2D eigenvalue weighted by atomic mass is 10.2. The molecule has 1 aliphatic heterocycles. The van der Waals surface area contributed by atoms with Gasteiger partial charge in [0, 0.05) is 11.9 Å². The average Bonchev–Trinajstić information content (AvgIpc) is 2.09. The Bertz CT molecular complexity index is 292. The Morgan fingerprint density at radius 2 is 2.29 bits per heavy atom. The van der Waals surface area contributed by atoms with Crippen LogP contribution in [-0.2, 0) is 0 Å². The average molecular weight is 214 g/mol. The second-order valence-electron chi connectivity index (χ2n) is 3.27. The van der Waals surface area contributed by atoms with E-state index in [1.165, 1.54) is 0 Å². The lowest BCUT2D eigenvalue weighted by Crippen LogP contribution is -2.27. The highest BCUT2D eigenvalue weighted by molar-refractivity contribution is 6.21. The Morgan fingerprint density at radius 3 is 2.86 bits per heavy atom. The number of rotatable bonds is 3. The van der Waals surface area contributed by atoms with Crippen molar-refractivity contribution in [3.05, 3.63) is 11.4 Å². The maximum atomic E-state index is 5.85. The predicted molar refractivity (Wildman–Crippen MR) is 62.0 cm³/mol. The topological polar surface area (TPSA) is 36.8 Å². The molecule has 1 N–H and O–H groups in total. The largest absolute Gasteiger partial charge is 0.353 e. The summed E-state index contributed by atoms with van der Waals surface area (Å²) in [6, 6.07) is 0. The summed E-state index contributed by atoms with van der Waals surface area (Å²) in [5.41, 5.74) is 2.45. The van der Waals surface area contributed by atoms with Gasteiger partial charge >= 0.3 is 0 Å². The zero-order chi connectivity index (χ0) is 10.6. The minimum absolute atomic E-state index is 0.347. The van der Waals surface area contributed by atoms with Crippen molar-refractivity contribution in [3.63, 3.8) is 0 Å². The van der Waals surface area contributed by atoms with E-state index in [1.807, 2.05) is 20.1 Å². The number of unbranched alkanes of at least 4 members (excludes halogenated alkanes) is 1. The number of alkyl halides is 1. The quantitative estimate of drug-likeness (QED) is 0.437. The van der Waals surface area contributed by atoms with Crippen LogP contribution >= 0.6 is 11.6 Å². The molecular formula is C10H16ClN3. The van der Waals surface area contributed by atoms with Gasteiger partial charge in [-0.3, -0.25) is 4.99 Å². The second-order valence-corrected chi connectivity index (χ2v) is 3.68. The summed E-state index contributed by atoms with van der Waals surface area (Å²) in [5, 5.41) is 3.03. The van der Waals surface area contributed by atoms with E-state index in [1.54, 1.807) is 0 Å². The highest BCUT2D eigenvalue weighted by Gasteiger charge is 2.14. The normalized spacial score (nSPS) is 22.6. The molecule has 0 aromatic carbocycles. The predicted octanol–water partition coefficient (Wildman–Crippen LogP) is 2.68. The first-order valence-electron chi connectivity index (χ1n) is 4.84. The fraction of sp³-hybridized carbons (Fsp3) is 0.600. The van der Waals surface area contributed by atoms with Crippen LogP contribution in [0.25, 0.3) is 0 Å². The van der Waals surface area contributed by atoms with Gasteiger partial charge in [0.25, 0.3) is 0 Å². The van der Waals surface area contributed by atoms with Crippen LogP contribution in [0.2, 0.25) is 0 Å². The summed E-state index contributed by atoms with van der Waals surface area (Å²) in [5.74, 6) is 0. The van der Waals surface area contributed by atoms with Crippen LogP contribution in [0, 0.1) is 0 Å². The molecule has 1 unspecified atom stereocenters. The Balaban J connectivity index is 2.76. The van der Waals surface area contributed by atoms with E-state index in [0.717, 1.165) is 29.9 Å². The van der Waals surface area contributed by atoms with Crippen LogP contribution in [0.5, 0.6) is 0 Å². The molecule has 0 saturated heterocycles. The Morgan fingerprint density at radius 1 is 1.57 bits per heavy atom. The van der Waals surface area contributed by atoms with Crippen molar-refractivity contribution in [2.24, 2.45) is 9.98 Å². The van der Waals surface area contributed by atoms with Crippen molar-refractivity contribution in [3.8, 4) is 0 Å². The fourth-order valence-corrected chi connectivity index (χ4v) is 1.57. The van der Waals surface area contributed by atoms with Gasteiger partial charge < -0.3 is 5.32 Å². The molecule has 1 atom stereocenters. The van der Waals surface area contributed by atoms with E-state index < -0.39 is 0 Å². The minimum Gasteiger partial charge on any atom is -0.353 e. The number of halogens is 1. The molecule has 14 heavy (non-hydrogen) atoms. The highest BCUT2D eigenvalue weighted by Crippen LogP contribution is 2.14. The molecule has 0 bridgehead atoms. The molecule has 0 aliphatic carbocycles. The number of hydrogen-bond acceptors (Lipinski definition) is 3. The van der Waals surface area contributed by atoms with Gasteiger partial charge in [-0.15, -0.1) is 0 Å². The smallest absolute Gasteiger partial charge is 0.195 e. The van der Waals surface area contributed by atoms with Crippen LogP contribution in [0.15, 0.2) is 21.4 Å². The van der Waals surface area contributed by atoms with Crippen molar-refractivity contribution in [1.82, 2.24) is 5.32 Å². The molecule has 0 fully saturated rings. The van der Waals surface area contributed by atoms with E-state index in [2.05, 4.69) is 22.2 Å². The van der Waals surface area contributed by atoms with Gasteiger partial charge in [0.2, 0.25) is 0 Å². The summed E-state index contributed by atoms with van der Waals surface area (Å²) in [4.78, 5) is 8.56. The molecule has 0 spiro atoms. The molecule has 4 heteroatoms. The molecule has 78 valence electrons. The van der Waals surface area contributed by atoms with Crippen LogP contribution in [-0.4, -0.2) is 17.6 Å². The Hall–Kier alpha value is -0.830. The number of allylic oxidation sites excluding steroid dienone is 2. The van der Waals surface area contributed by atoms with Crippen molar-refractivity contribution >= 4 is 23.5 Å². The van der Waals surface area contributed by atoms with E-state index >= 15 is 0 Å². The van der Waals surface area contributed by atoms with Crippen LogP contribution in [0.4, 0.5) is 0 Å². The Kier molecular flexibility index (Phi) is 4.14. The number of aliphatic imine (C=N–C) groups is 2. The molecule has 1 rings (SSSR count). The molecule has 1 aliphatic rings. The second kappa shape index (κ2) is 5.15. The zero-order valence-electron chi connectivity index (χ0n) is 8.84. The molecule has 0 radical (unpaired) electrons. The first kappa shape index (κ1) is 11.2. The molecule has 3 nitrogen and oxygen atoms in total. The van der Waals surface area contributed by atoms with Gasteiger partial charge in [0.1, 0.15) is 5.70 Å². The Labute approximate surface area is 90.0 Å². The summed E-state index contributed by atoms with van der Waals surface area (Å²) in [6.45, 7) is 6.02. The standard InChI is InChI=1S/C10H16ClN3/c1-4-5-6-12-9-7(2)13-10(11)14-8(9)3/h6,10,13H,4-5H2,1-3H3/b12-6-. The third-order valence-electron chi connectivity index (χ3n) is 1.98. The highest BCUT2D eigenvalue weighted by atomic mass is 35.5. The van der Waals surface area contributed by atoms with Crippen molar-refractivity contribution < 1.29 is 0 Å². The van der Waals surface area contributed by atoms with Crippen LogP contribution in [0.3, 0.4) is 0 Å². The van der Waals surface area contributed by atoms with Gasteiger partial charge in [-0.05, 0) is 20.3 Å². The van der Waals surface area contributed by atoms with E-state index in [-0.39, 0.29) is 5.62 Å². The first-order valence-corrected chi connectivity index (χ1v) is 5.27.